The van der Waals surface area contributed by atoms with E-state index in [9.17, 15) is 0 Å². The lowest BCUT2D eigenvalue weighted by atomic mass is 9.96. The van der Waals surface area contributed by atoms with Gasteiger partial charge >= 0.3 is 0 Å². The summed E-state index contributed by atoms with van der Waals surface area (Å²) >= 11 is 0. The van der Waals surface area contributed by atoms with Crippen LogP contribution in [0.25, 0.3) is 88.5 Å². The van der Waals surface area contributed by atoms with E-state index in [0.29, 0.717) is 5.82 Å². The Morgan fingerprint density at radius 1 is 0.333 bits per heavy atom. The van der Waals surface area contributed by atoms with Gasteiger partial charge in [0.05, 0.1) is 11.4 Å². The van der Waals surface area contributed by atoms with Gasteiger partial charge in [-0.25, -0.2) is 9.97 Å². The average Bonchev–Trinajstić information content (AvgIpc) is 3.17. The maximum Gasteiger partial charge on any atom is 0.161 e. The molecule has 3 heteroatoms. The molecule has 0 aliphatic rings. The molecule has 0 aliphatic heterocycles. The number of fused-ring (bicyclic) bond motifs is 4. The smallest absolute Gasteiger partial charge is 0.161 e. The van der Waals surface area contributed by atoms with Crippen molar-refractivity contribution in [1.82, 2.24) is 15.0 Å². The molecule has 7 aromatic carbocycles. The summed E-state index contributed by atoms with van der Waals surface area (Å²) in [5.41, 5.74) is 9.53. The van der Waals surface area contributed by atoms with Crippen molar-refractivity contribution in [3.8, 4) is 56.2 Å². The maximum absolute atomic E-state index is 5.29. The number of hydrogen-bond acceptors (Lipinski definition) is 3. The van der Waals surface area contributed by atoms with Crippen molar-refractivity contribution in [3.05, 3.63) is 176 Å². The second-order valence-corrected chi connectivity index (χ2v) is 12.1. The number of aromatic nitrogens is 3. The molecule has 2 aromatic heterocycles. The molecule has 0 saturated carbocycles. The molecular weight excluding hydrogens is 583 g/mol. The predicted molar refractivity (Wildman–Crippen MR) is 200 cm³/mol. The molecule has 9 aromatic rings. The van der Waals surface area contributed by atoms with E-state index in [1.54, 1.807) is 6.20 Å². The number of nitrogens with zero attached hydrogens (tertiary/aromatic N) is 3. The van der Waals surface area contributed by atoms with Crippen LogP contribution in [0.4, 0.5) is 0 Å². The highest BCUT2D eigenvalue weighted by molar-refractivity contribution is 6.13. The second kappa shape index (κ2) is 11.7. The minimum atomic E-state index is 0.715. The number of hydrogen-bond donors (Lipinski definition) is 0. The molecule has 0 N–H and O–H groups in total. The molecule has 3 nitrogen and oxygen atoms in total. The van der Waals surface area contributed by atoms with Crippen LogP contribution in [0.1, 0.15) is 0 Å². The van der Waals surface area contributed by atoms with E-state index in [1.165, 1.54) is 26.9 Å². The first-order valence-electron chi connectivity index (χ1n) is 16.2. The Morgan fingerprint density at radius 3 is 1.65 bits per heavy atom. The fourth-order valence-corrected chi connectivity index (χ4v) is 6.76. The van der Waals surface area contributed by atoms with E-state index in [-0.39, 0.29) is 0 Å². The SMILES string of the molecule is c1cncc(-c2ccc(-c3ccc(-c4cc(-c5cccc6ccccc56)nc(-c5cc6ccccc6c6ccccc56)n4)cc3)cc2)c1. The monoisotopic (exact) mass is 611 g/mol. The van der Waals surface area contributed by atoms with Crippen molar-refractivity contribution < 1.29 is 0 Å². The summed E-state index contributed by atoms with van der Waals surface area (Å²) in [6.07, 6.45) is 3.70. The molecule has 48 heavy (non-hydrogen) atoms. The van der Waals surface area contributed by atoms with Crippen molar-refractivity contribution >= 4 is 32.3 Å². The summed E-state index contributed by atoms with van der Waals surface area (Å²) in [6, 6.07) is 57.8. The van der Waals surface area contributed by atoms with Gasteiger partial charge in [-0.2, -0.15) is 0 Å². The van der Waals surface area contributed by atoms with Crippen LogP contribution in [-0.4, -0.2) is 15.0 Å². The van der Waals surface area contributed by atoms with Crippen LogP contribution in [0.2, 0.25) is 0 Å². The lowest BCUT2D eigenvalue weighted by Crippen LogP contribution is -1.97. The molecule has 2 heterocycles. The summed E-state index contributed by atoms with van der Waals surface area (Å²) in [5, 5.41) is 7.10. The Bertz CT molecular complexity index is 2580. The van der Waals surface area contributed by atoms with E-state index in [1.807, 2.05) is 12.3 Å². The summed E-state index contributed by atoms with van der Waals surface area (Å²) in [5.74, 6) is 0.715. The largest absolute Gasteiger partial charge is 0.264 e. The van der Waals surface area contributed by atoms with Gasteiger partial charge in [0.2, 0.25) is 0 Å². The van der Waals surface area contributed by atoms with E-state index in [0.717, 1.165) is 55.7 Å². The summed E-state index contributed by atoms with van der Waals surface area (Å²) < 4.78 is 0. The Labute approximate surface area is 278 Å². The predicted octanol–water partition coefficient (Wildman–Crippen LogP) is 11.7. The van der Waals surface area contributed by atoms with Gasteiger partial charge in [-0.1, -0.05) is 146 Å². The highest BCUT2D eigenvalue weighted by atomic mass is 14.9. The topological polar surface area (TPSA) is 38.7 Å². The third kappa shape index (κ3) is 4.99. The van der Waals surface area contributed by atoms with Gasteiger partial charge in [-0.05, 0) is 72.8 Å². The van der Waals surface area contributed by atoms with Crippen LogP contribution >= 0.6 is 0 Å². The summed E-state index contributed by atoms with van der Waals surface area (Å²) in [7, 11) is 0. The van der Waals surface area contributed by atoms with Gasteiger partial charge in [0, 0.05) is 29.1 Å². The fraction of sp³-hybridized carbons (Fsp3) is 0. The molecule has 0 spiro atoms. The molecular formula is C45H29N3. The quantitative estimate of drug-likeness (QED) is 0.182. The summed E-state index contributed by atoms with van der Waals surface area (Å²) in [6.45, 7) is 0. The molecule has 0 aliphatic carbocycles. The van der Waals surface area contributed by atoms with E-state index in [2.05, 4.69) is 163 Å². The zero-order valence-corrected chi connectivity index (χ0v) is 26.1. The molecule has 0 atom stereocenters. The molecule has 224 valence electrons. The molecule has 0 radical (unpaired) electrons. The van der Waals surface area contributed by atoms with Crippen molar-refractivity contribution in [3.63, 3.8) is 0 Å². The van der Waals surface area contributed by atoms with E-state index in [4.69, 9.17) is 9.97 Å². The van der Waals surface area contributed by atoms with Crippen molar-refractivity contribution in [1.29, 1.82) is 0 Å². The lowest BCUT2D eigenvalue weighted by Gasteiger charge is -2.14. The first-order chi connectivity index (χ1) is 23.8. The number of rotatable bonds is 5. The van der Waals surface area contributed by atoms with Gasteiger partial charge in [0.1, 0.15) is 0 Å². The zero-order valence-electron chi connectivity index (χ0n) is 26.1. The first-order valence-corrected chi connectivity index (χ1v) is 16.2. The Kier molecular flexibility index (Phi) is 6.80. The maximum atomic E-state index is 5.29. The van der Waals surface area contributed by atoms with Crippen molar-refractivity contribution in [2.24, 2.45) is 0 Å². The number of benzene rings is 7. The lowest BCUT2D eigenvalue weighted by molar-refractivity contribution is 1.19. The van der Waals surface area contributed by atoms with Crippen LogP contribution in [0.3, 0.4) is 0 Å². The van der Waals surface area contributed by atoms with E-state index >= 15 is 0 Å². The molecule has 0 saturated heterocycles. The van der Waals surface area contributed by atoms with Crippen molar-refractivity contribution in [2.75, 3.05) is 0 Å². The molecule has 0 amide bonds. The van der Waals surface area contributed by atoms with Gasteiger partial charge in [-0.3, -0.25) is 4.98 Å². The zero-order chi connectivity index (χ0) is 31.9. The highest BCUT2D eigenvalue weighted by Gasteiger charge is 2.16. The van der Waals surface area contributed by atoms with Crippen LogP contribution in [0, 0.1) is 0 Å². The minimum absolute atomic E-state index is 0.715. The molecule has 9 rings (SSSR count). The third-order valence-corrected chi connectivity index (χ3v) is 9.19. The normalized spacial score (nSPS) is 11.3. The van der Waals surface area contributed by atoms with E-state index < -0.39 is 0 Å². The number of pyridine rings is 1. The standard InChI is InChI=1S/C45H29N3/c1-3-13-37-33(9-1)11-7-17-41(37)44-28-43(34-24-22-31(23-25-34)30-18-20-32(21-19-30)36-12-8-26-46-29-36)47-45(48-44)42-27-35-10-2-4-14-38(35)39-15-5-6-16-40(39)42/h1-29H. The summed E-state index contributed by atoms with van der Waals surface area (Å²) in [4.78, 5) is 14.8. The van der Waals surface area contributed by atoms with Gasteiger partial charge in [0.25, 0.3) is 0 Å². The Balaban J connectivity index is 1.19. The average molecular weight is 612 g/mol. The molecule has 0 unspecified atom stereocenters. The van der Waals surface area contributed by atoms with Gasteiger partial charge < -0.3 is 0 Å². The Hall–Kier alpha value is -6.45. The minimum Gasteiger partial charge on any atom is -0.264 e. The van der Waals surface area contributed by atoms with Crippen LogP contribution < -0.4 is 0 Å². The van der Waals surface area contributed by atoms with Crippen molar-refractivity contribution in [2.45, 2.75) is 0 Å². The second-order valence-electron chi connectivity index (χ2n) is 12.1. The highest BCUT2D eigenvalue weighted by Crippen LogP contribution is 2.37. The third-order valence-electron chi connectivity index (χ3n) is 9.19. The molecule has 0 bridgehead atoms. The molecule has 0 fully saturated rings. The van der Waals surface area contributed by atoms with Crippen LogP contribution in [0.5, 0.6) is 0 Å². The van der Waals surface area contributed by atoms with Crippen LogP contribution in [0.15, 0.2) is 176 Å². The van der Waals surface area contributed by atoms with Crippen LogP contribution in [-0.2, 0) is 0 Å². The fourth-order valence-electron chi connectivity index (χ4n) is 6.76. The van der Waals surface area contributed by atoms with Gasteiger partial charge in [0.15, 0.2) is 5.82 Å². The first kappa shape index (κ1) is 27.8. The Morgan fingerprint density at radius 2 is 0.917 bits per heavy atom. The van der Waals surface area contributed by atoms with Gasteiger partial charge in [-0.15, -0.1) is 0 Å².